The number of nitrogens with one attached hydrogen (secondary N) is 2. The van der Waals surface area contributed by atoms with Crippen LogP contribution in [0.25, 0.3) is 0 Å². The van der Waals surface area contributed by atoms with Gasteiger partial charge in [-0.05, 0) is 23.6 Å². The third-order valence-corrected chi connectivity index (χ3v) is 5.48. The SMILES string of the molecule is CC(C)C(CNC(=O)C(NC(=O)c1ccccc1)c1ccccc1)N1CCOCC1. The molecule has 0 saturated carbocycles. The predicted octanol–water partition coefficient (Wildman–Crippen LogP) is 2.63. The van der Waals surface area contributed by atoms with Crippen molar-refractivity contribution in [3.63, 3.8) is 0 Å². The van der Waals surface area contributed by atoms with Gasteiger partial charge in [-0.2, -0.15) is 0 Å². The minimum absolute atomic E-state index is 0.204. The van der Waals surface area contributed by atoms with E-state index in [0.29, 0.717) is 18.0 Å². The van der Waals surface area contributed by atoms with E-state index in [4.69, 9.17) is 4.74 Å². The van der Waals surface area contributed by atoms with Crippen molar-refractivity contribution in [3.05, 3.63) is 71.8 Å². The van der Waals surface area contributed by atoms with Gasteiger partial charge in [-0.3, -0.25) is 14.5 Å². The minimum Gasteiger partial charge on any atom is -0.379 e. The molecule has 0 bridgehead atoms. The van der Waals surface area contributed by atoms with Crippen LogP contribution in [0, 0.1) is 5.92 Å². The van der Waals surface area contributed by atoms with Crippen LogP contribution in [0.1, 0.15) is 35.8 Å². The standard InChI is InChI=1S/C24H31N3O3/c1-18(2)21(27-13-15-30-16-14-27)17-25-24(29)22(19-9-5-3-6-10-19)26-23(28)20-11-7-4-8-12-20/h3-12,18,21-22H,13-17H2,1-2H3,(H,25,29)(H,26,28). The number of hydrogen-bond donors (Lipinski definition) is 2. The van der Waals surface area contributed by atoms with Crippen LogP contribution >= 0.6 is 0 Å². The Morgan fingerprint density at radius 3 is 2.17 bits per heavy atom. The molecule has 0 aromatic heterocycles. The number of amides is 2. The van der Waals surface area contributed by atoms with Crippen LogP contribution in [0.5, 0.6) is 0 Å². The van der Waals surface area contributed by atoms with Crippen LogP contribution in [0.15, 0.2) is 60.7 Å². The Kier molecular flexibility index (Phi) is 7.99. The first kappa shape index (κ1) is 22.0. The van der Waals surface area contributed by atoms with Gasteiger partial charge in [-0.15, -0.1) is 0 Å². The Labute approximate surface area is 178 Å². The normalized spacial score (nSPS) is 16.6. The van der Waals surface area contributed by atoms with Gasteiger partial charge in [0.05, 0.1) is 13.2 Å². The molecule has 0 aliphatic carbocycles. The molecule has 1 fully saturated rings. The lowest BCUT2D eigenvalue weighted by Gasteiger charge is -2.37. The van der Waals surface area contributed by atoms with Crippen molar-refractivity contribution >= 4 is 11.8 Å². The minimum atomic E-state index is -0.753. The van der Waals surface area contributed by atoms with Gasteiger partial charge in [0.25, 0.3) is 5.91 Å². The van der Waals surface area contributed by atoms with Crippen molar-refractivity contribution in [1.29, 1.82) is 0 Å². The fourth-order valence-corrected chi connectivity index (χ4v) is 3.75. The lowest BCUT2D eigenvalue weighted by molar-refractivity contribution is -0.123. The molecule has 1 aliphatic rings. The fraction of sp³-hybridized carbons (Fsp3) is 0.417. The summed E-state index contributed by atoms with van der Waals surface area (Å²) in [5.74, 6) is -0.0879. The Bertz CT molecular complexity index is 805. The molecule has 160 valence electrons. The van der Waals surface area contributed by atoms with E-state index < -0.39 is 6.04 Å². The molecule has 2 atom stereocenters. The topological polar surface area (TPSA) is 70.7 Å². The summed E-state index contributed by atoms with van der Waals surface area (Å²) < 4.78 is 5.46. The second-order valence-electron chi connectivity index (χ2n) is 7.89. The molecule has 2 N–H and O–H groups in total. The molecule has 6 heteroatoms. The number of rotatable bonds is 8. The number of nitrogens with zero attached hydrogens (tertiary/aromatic N) is 1. The summed E-state index contributed by atoms with van der Waals surface area (Å²) in [4.78, 5) is 28.2. The number of ether oxygens (including phenoxy) is 1. The molecule has 0 spiro atoms. The Morgan fingerprint density at radius 2 is 1.57 bits per heavy atom. The molecule has 2 aromatic rings. The smallest absolute Gasteiger partial charge is 0.252 e. The monoisotopic (exact) mass is 409 g/mol. The highest BCUT2D eigenvalue weighted by molar-refractivity contribution is 5.97. The molecule has 3 rings (SSSR count). The van der Waals surface area contributed by atoms with Gasteiger partial charge in [-0.25, -0.2) is 0 Å². The molecule has 1 aliphatic heterocycles. The zero-order valence-corrected chi connectivity index (χ0v) is 17.7. The van der Waals surface area contributed by atoms with Gasteiger partial charge in [0.15, 0.2) is 0 Å². The Morgan fingerprint density at radius 1 is 0.967 bits per heavy atom. The van der Waals surface area contributed by atoms with Crippen LogP contribution in [0.2, 0.25) is 0 Å². The second-order valence-corrected chi connectivity index (χ2v) is 7.89. The lowest BCUT2D eigenvalue weighted by atomic mass is 10.0. The van der Waals surface area contributed by atoms with Crippen LogP contribution in [-0.2, 0) is 9.53 Å². The highest BCUT2D eigenvalue weighted by Crippen LogP contribution is 2.16. The van der Waals surface area contributed by atoms with Crippen molar-refractivity contribution < 1.29 is 14.3 Å². The van der Waals surface area contributed by atoms with E-state index in [9.17, 15) is 9.59 Å². The number of benzene rings is 2. The maximum Gasteiger partial charge on any atom is 0.252 e. The van der Waals surface area contributed by atoms with Crippen molar-refractivity contribution in [3.8, 4) is 0 Å². The van der Waals surface area contributed by atoms with Crippen molar-refractivity contribution in [2.75, 3.05) is 32.8 Å². The molecule has 2 amide bonds. The van der Waals surface area contributed by atoms with Gasteiger partial charge in [0.2, 0.25) is 5.91 Å². The molecule has 1 saturated heterocycles. The first-order valence-electron chi connectivity index (χ1n) is 10.6. The van der Waals surface area contributed by atoms with E-state index in [0.717, 1.165) is 31.9 Å². The lowest BCUT2D eigenvalue weighted by Crippen LogP contribution is -2.52. The third kappa shape index (κ3) is 5.90. The van der Waals surface area contributed by atoms with E-state index in [-0.39, 0.29) is 17.9 Å². The van der Waals surface area contributed by atoms with Crippen LogP contribution in [-0.4, -0.2) is 55.6 Å². The molecule has 2 unspecified atom stereocenters. The number of carbonyl (C=O) groups is 2. The van der Waals surface area contributed by atoms with Crippen molar-refractivity contribution in [2.24, 2.45) is 5.92 Å². The largest absolute Gasteiger partial charge is 0.379 e. The van der Waals surface area contributed by atoms with Crippen molar-refractivity contribution in [1.82, 2.24) is 15.5 Å². The molecular weight excluding hydrogens is 378 g/mol. The van der Waals surface area contributed by atoms with E-state index >= 15 is 0 Å². The maximum absolute atomic E-state index is 13.2. The van der Waals surface area contributed by atoms with Crippen LogP contribution in [0.3, 0.4) is 0 Å². The Hall–Kier alpha value is -2.70. The summed E-state index contributed by atoms with van der Waals surface area (Å²) >= 11 is 0. The summed E-state index contributed by atoms with van der Waals surface area (Å²) in [6, 6.07) is 17.8. The molecule has 1 heterocycles. The average molecular weight is 410 g/mol. The second kappa shape index (κ2) is 10.9. The Balaban J connectivity index is 1.70. The third-order valence-electron chi connectivity index (χ3n) is 5.48. The summed E-state index contributed by atoms with van der Waals surface area (Å²) in [6.45, 7) is 8.03. The molecule has 2 aromatic carbocycles. The number of morpholine rings is 1. The highest BCUT2D eigenvalue weighted by Gasteiger charge is 2.27. The van der Waals surface area contributed by atoms with Gasteiger partial charge < -0.3 is 15.4 Å². The molecule has 0 radical (unpaired) electrons. The summed E-state index contributed by atoms with van der Waals surface area (Å²) in [5.41, 5.74) is 1.28. The summed E-state index contributed by atoms with van der Waals surface area (Å²) in [7, 11) is 0. The zero-order valence-electron chi connectivity index (χ0n) is 17.7. The van der Waals surface area contributed by atoms with E-state index in [2.05, 4.69) is 29.4 Å². The summed E-state index contributed by atoms with van der Waals surface area (Å²) in [6.07, 6.45) is 0. The number of hydrogen-bond acceptors (Lipinski definition) is 4. The van der Waals surface area contributed by atoms with Crippen LogP contribution < -0.4 is 10.6 Å². The van der Waals surface area contributed by atoms with Gasteiger partial charge >= 0.3 is 0 Å². The van der Waals surface area contributed by atoms with Gasteiger partial charge in [0.1, 0.15) is 6.04 Å². The predicted molar refractivity (Wildman–Crippen MR) is 117 cm³/mol. The molecular formula is C24H31N3O3. The van der Waals surface area contributed by atoms with Gasteiger partial charge in [0, 0.05) is 31.2 Å². The molecule has 6 nitrogen and oxygen atoms in total. The van der Waals surface area contributed by atoms with Crippen LogP contribution in [0.4, 0.5) is 0 Å². The summed E-state index contributed by atoms with van der Waals surface area (Å²) in [5, 5.41) is 5.98. The zero-order chi connectivity index (χ0) is 21.3. The fourth-order valence-electron chi connectivity index (χ4n) is 3.75. The quantitative estimate of drug-likeness (QED) is 0.703. The first-order valence-corrected chi connectivity index (χ1v) is 10.6. The number of carbonyl (C=O) groups excluding carboxylic acids is 2. The molecule has 30 heavy (non-hydrogen) atoms. The van der Waals surface area contributed by atoms with E-state index in [1.807, 2.05) is 48.5 Å². The van der Waals surface area contributed by atoms with Crippen molar-refractivity contribution in [2.45, 2.75) is 25.9 Å². The maximum atomic E-state index is 13.2. The first-order chi connectivity index (χ1) is 14.6. The van der Waals surface area contributed by atoms with E-state index in [1.54, 1.807) is 12.1 Å². The highest BCUT2D eigenvalue weighted by atomic mass is 16.5. The van der Waals surface area contributed by atoms with Gasteiger partial charge in [-0.1, -0.05) is 62.4 Å². The average Bonchev–Trinajstić information content (AvgIpc) is 2.79. The van der Waals surface area contributed by atoms with E-state index in [1.165, 1.54) is 0 Å².